The van der Waals surface area contributed by atoms with E-state index in [2.05, 4.69) is 37.1 Å². The number of amides is 1. The Labute approximate surface area is 181 Å². The van der Waals surface area contributed by atoms with E-state index >= 15 is 0 Å². The van der Waals surface area contributed by atoms with E-state index in [9.17, 15) is 10.1 Å². The number of thiophene rings is 1. The van der Waals surface area contributed by atoms with Gasteiger partial charge in [-0.3, -0.25) is 4.79 Å². The van der Waals surface area contributed by atoms with Gasteiger partial charge in [-0.15, -0.1) is 16.4 Å². The van der Waals surface area contributed by atoms with E-state index in [0.29, 0.717) is 27.4 Å². The van der Waals surface area contributed by atoms with E-state index in [1.165, 1.54) is 34.2 Å². The van der Waals surface area contributed by atoms with Gasteiger partial charge < -0.3 is 9.73 Å². The van der Waals surface area contributed by atoms with Crippen molar-refractivity contribution in [3.63, 3.8) is 0 Å². The molecule has 4 rings (SSSR count). The predicted octanol–water partition coefficient (Wildman–Crippen LogP) is 3.69. The van der Waals surface area contributed by atoms with Gasteiger partial charge >= 0.3 is 0 Å². The molecule has 0 unspecified atom stereocenters. The van der Waals surface area contributed by atoms with Crippen molar-refractivity contribution in [2.45, 2.75) is 37.8 Å². The fourth-order valence-electron chi connectivity index (χ4n) is 3.11. The number of furan rings is 1. The largest absolute Gasteiger partial charge is 0.460 e. The van der Waals surface area contributed by atoms with Gasteiger partial charge in [-0.2, -0.15) is 15.3 Å². The van der Waals surface area contributed by atoms with Crippen LogP contribution in [0.25, 0.3) is 0 Å². The first kappa shape index (κ1) is 20.2. The zero-order valence-corrected chi connectivity index (χ0v) is 17.8. The Balaban J connectivity index is 1.29. The zero-order chi connectivity index (χ0) is 20.9. The number of carbonyl (C=O) groups is 1. The fourth-order valence-corrected chi connectivity index (χ4v) is 4.96. The average Bonchev–Trinajstić information content (AvgIpc) is 3.45. The third-order valence-corrected chi connectivity index (χ3v) is 6.51. The van der Waals surface area contributed by atoms with Crippen LogP contribution in [0.4, 0.5) is 10.9 Å². The van der Waals surface area contributed by atoms with Crippen LogP contribution in [0.1, 0.15) is 40.4 Å². The average molecular weight is 442 g/mol. The van der Waals surface area contributed by atoms with Crippen molar-refractivity contribution in [1.29, 1.82) is 5.26 Å². The molecular formula is C19H19N7O2S2. The Bertz CT molecular complexity index is 1120. The number of fused-ring (bicyclic) bond motifs is 1. The highest BCUT2D eigenvalue weighted by Gasteiger charge is 2.21. The topological polar surface area (TPSA) is 132 Å². The first-order chi connectivity index (χ1) is 14.6. The summed E-state index contributed by atoms with van der Waals surface area (Å²) in [6, 6.07) is 5.91. The molecule has 0 atom stereocenters. The highest BCUT2D eigenvalue weighted by molar-refractivity contribution is 7.99. The number of aromatic amines is 1. The Morgan fingerprint density at radius 3 is 3.13 bits per heavy atom. The molecule has 0 saturated heterocycles. The summed E-state index contributed by atoms with van der Waals surface area (Å²) in [6.45, 7) is 1.86. The second kappa shape index (κ2) is 9.15. The number of rotatable bonds is 7. The summed E-state index contributed by atoms with van der Waals surface area (Å²) in [5.74, 6) is 1.73. The molecule has 3 N–H and O–H groups in total. The number of carbonyl (C=O) groups excluding carboxylic acids is 1. The number of nitrogens with one attached hydrogen (secondary N) is 3. The van der Waals surface area contributed by atoms with E-state index in [0.717, 1.165) is 37.0 Å². The standard InChI is InChI=1S/C19H19N7O2S2/c1-11-6-7-12(28-11)9-21-24-18-23-19(26-25-18)29-10-16(27)22-17-14(8-20)13-4-2-3-5-15(13)30-17/h6-7,9H,2-5,10H2,1H3,(H,22,27)(H2,23,24,25,26)/b21-9-. The van der Waals surface area contributed by atoms with Gasteiger partial charge in [-0.05, 0) is 50.3 Å². The first-order valence-corrected chi connectivity index (χ1v) is 11.2. The number of anilines is 2. The van der Waals surface area contributed by atoms with Gasteiger partial charge in [-0.25, -0.2) is 10.5 Å². The molecule has 0 aromatic carbocycles. The number of nitriles is 1. The van der Waals surface area contributed by atoms with Crippen LogP contribution in [0.3, 0.4) is 0 Å². The molecule has 3 aromatic heterocycles. The van der Waals surface area contributed by atoms with Crippen LogP contribution in [0, 0.1) is 18.3 Å². The maximum absolute atomic E-state index is 12.4. The second-order valence-corrected chi connectivity index (χ2v) is 8.70. The van der Waals surface area contributed by atoms with E-state index in [4.69, 9.17) is 4.42 Å². The van der Waals surface area contributed by atoms with Gasteiger partial charge in [0, 0.05) is 4.88 Å². The molecule has 1 aliphatic rings. The molecule has 0 saturated carbocycles. The lowest BCUT2D eigenvalue weighted by Crippen LogP contribution is -2.14. The van der Waals surface area contributed by atoms with Crippen molar-refractivity contribution < 1.29 is 9.21 Å². The van der Waals surface area contributed by atoms with Crippen LogP contribution in [-0.4, -0.2) is 33.1 Å². The maximum Gasteiger partial charge on any atom is 0.240 e. The molecule has 0 radical (unpaired) electrons. The van der Waals surface area contributed by atoms with E-state index in [-0.39, 0.29) is 11.7 Å². The molecule has 0 bridgehead atoms. The SMILES string of the molecule is Cc1ccc(/C=N\Nc2nc(SCC(=O)Nc3sc4c(c3C#N)CCCC4)n[nH]2)o1. The van der Waals surface area contributed by atoms with Crippen LogP contribution < -0.4 is 10.7 Å². The lowest BCUT2D eigenvalue weighted by atomic mass is 9.96. The Morgan fingerprint density at radius 1 is 1.47 bits per heavy atom. The number of hydrogen-bond acceptors (Lipinski definition) is 9. The molecule has 0 fully saturated rings. The molecule has 154 valence electrons. The minimum atomic E-state index is -0.194. The van der Waals surface area contributed by atoms with E-state index in [1.54, 1.807) is 0 Å². The number of aromatic nitrogens is 3. The van der Waals surface area contributed by atoms with Crippen molar-refractivity contribution in [2.75, 3.05) is 16.5 Å². The maximum atomic E-state index is 12.4. The molecule has 3 heterocycles. The highest BCUT2D eigenvalue weighted by atomic mass is 32.2. The number of nitrogens with zero attached hydrogens (tertiary/aromatic N) is 4. The summed E-state index contributed by atoms with van der Waals surface area (Å²) in [5.41, 5.74) is 4.44. The molecule has 1 aliphatic carbocycles. The van der Waals surface area contributed by atoms with E-state index in [1.807, 2.05) is 19.1 Å². The second-order valence-electron chi connectivity index (χ2n) is 6.65. The molecular weight excluding hydrogens is 422 g/mol. The lowest BCUT2D eigenvalue weighted by molar-refractivity contribution is -0.113. The molecule has 0 aliphatic heterocycles. The van der Waals surface area contributed by atoms with Crippen molar-refractivity contribution in [1.82, 2.24) is 15.2 Å². The predicted molar refractivity (Wildman–Crippen MR) is 116 cm³/mol. The third kappa shape index (κ3) is 4.72. The first-order valence-electron chi connectivity index (χ1n) is 9.37. The fraction of sp³-hybridized carbons (Fsp3) is 0.316. The summed E-state index contributed by atoms with van der Waals surface area (Å²) in [6.07, 6.45) is 5.65. The zero-order valence-electron chi connectivity index (χ0n) is 16.2. The van der Waals surface area contributed by atoms with Crippen LogP contribution in [0.5, 0.6) is 0 Å². The van der Waals surface area contributed by atoms with Crippen molar-refractivity contribution in [3.8, 4) is 6.07 Å². The molecule has 0 spiro atoms. The molecule has 1 amide bonds. The van der Waals surface area contributed by atoms with Crippen molar-refractivity contribution in [3.05, 3.63) is 39.7 Å². The van der Waals surface area contributed by atoms with Crippen molar-refractivity contribution >= 4 is 46.2 Å². The summed E-state index contributed by atoms with van der Waals surface area (Å²) < 4.78 is 5.38. The monoisotopic (exact) mass is 441 g/mol. The highest BCUT2D eigenvalue weighted by Crippen LogP contribution is 2.37. The van der Waals surface area contributed by atoms with Gasteiger partial charge in [0.2, 0.25) is 17.0 Å². The number of hydrogen-bond donors (Lipinski definition) is 3. The van der Waals surface area contributed by atoms with Crippen LogP contribution in [-0.2, 0) is 17.6 Å². The summed E-state index contributed by atoms with van der Waals surface area (Å²) >= 11 is 2.71. The molecule has 30 heavy (non-hydrogen) atoms. The van der Waals surface area contributed by atoms with Crippen LogP contribution in [0.15, 0.2) is 26.8 Å². The lowest BCUT2D eigenvalue weighted by Gasteiger charge is -2.09. The summed E-state index contributed by atoms with van der Waals surface area (Å²) in [5, 5.41) is 24.2. The Morgan fingerprint density at radius 2 is 2.33 bits per heavy atom. The molecule has 9 nitrogen and oxygen atoms in total. The number of thioether (sulfide) groups is 1. The Kier molecular flexibility index (Phi) is 6.15. The van der Waals surface area contributed by atoms with Gasteiger partial charge in [0.15, 0.2) is 0 Å². The molecule has 3 aromatic rings. The third-order valence-electron chi connectivity index (χ3n) is 4.46. The minimum absolute atomic E-state index is 0.139. The summed E-state index contributed by atoms with van der Waals surface area (Å²) in [7, 11) is 0. The number of H-pyrrole nitrogens is 1. The molecule has 11 heteroatoms. The van der Waals surface area contributed by atoms with Gasteiger partial charge in [0.25, 0.3) is 0 Å². The smallest absolute Gasteiger partial charge is 0.240 e. The normalized spacial score (nSPS) is 13.2. The summed E-state index contributed by atoms with van der Waals surface area (Å²) in [4.78, 5) is 17.8. The van der Waals surface area contributed by atoms with Crippen LogP contribution in [0.2, 0.25) is 0 Å². The van der Waals surface area contributed by atoms with Gasteiger partial charge in [0.1, 0.15) is 22.6 Å². The number of hydrazone groups is 1. The van der Waals surface area contributed by atoms with Crippen molar-refractivity contribution in [2.24, 2.45) is 5.10 Å². The van der Waals surface area contributed by atoms with Crippen LogP contribution >= 0.6 is 23.1 Å². The quantitative estimate of drug-likeness (QED) is 0.289. The van der Waals surface area contributed by atoms with E-state index < -0.39 is 0 Å². The van der Waals surface area contributed by atoms with Gasteiger partial charge in [0.05, 0.1) is 17.5 Å². The van der Waals surface area contributed by atoms with Gasteiger partial charge in [-0.1, -0.05) is 11.8 Å². The number of aryl methyl sites for hydroxylation is 2. The minimum Gasteiger partial charge on any atom is -0.460 e. The Hall–Kier alpha value is -3.10.